The van der Waals surface area contributed by atoms with E-state index in [1.54, 1.807) is 41.1 Å². The smallest absolute Gasteiger partial charge is 0.264 e. The highest BCUT2D eigenvalue weighted by Crippen LogP contribution is 2.24. The number of nitrogens with one attached hydrogen (secondary N) is 1. The average Bonchev–Trinajstić information content (AvgIpc) is 3.18. The lowest BCUT2D eigenvalue weighted by molar-refractivity contribution is -0.113. The lowest BCUT2D eigenvalue weighted by atomic mass is 10.2. The van der Waals surface area contributed by atoms with Crippen molar-refractivity contribution >= 4 is 39.1 Å². The Hall–Kier alpha value is -2.92. The monoisotopic (exact) mass is 460 g/mol. The molecule has 1 heterocycles. The zero-order valence-electron chi connectivity index (χ0n) is 17.5. The number of nitrogens with zero attached hydrogens (tertiary/aromatic N) is 5. The number of thioether (sulfide) groups is 1. The Labute approximate surface area is 185 Å². The van der Waals surface area contributed by atoms with E-state index in [4.69, 9.17) is 0 Å². The number of carbonyl (C=O) groups is 1. The zero-order chi connectivity index (χ0) is 22.4. The maximum Gasteiger partial charge on any atom is 0.264 e. The minimum atomic E-state index is -3.77. The van der Waals surface area contributed by atoms with Gasteiger partial charge in [0.1, 0.15) is 0 Å². The first-order valence-electron chi connectivity index (χ1n) is 9.60. The summed E-state index contributed by atoms with van der Waals surface area (Å²) in [5.74, 6) is 0.185. The van der Waals surface area contributed by atoms with Crippen molar-refractivity contribution in [2.75, 3.05) is 22.4 Å². The highest BCUT2D eigenvalue weighted by molar-refractivity contribution is 7.99. The van der Waals surface area contributed by atoms with Gasteiger partial charge in [-0.05, 0) is 46.7 Å². The van der Waals surface area contributed by atoms with Crippen LogP contribution in [0.2, 0.25) is 0 Å². The van der Waals surface area contributed by atoms with Crippen LogP contribution in [-0.4, -0.2) is 47.3 Å². The van der Waals surface area contributed by atoms with E-state index in [0.29, 0.717) is 29.0 Å². The van der Waals surface area contributed by atoms with Crippen LogP contribution in [0.5, 0.6) is 0 Å². The summed E-state index contributed by atoms with van der Waals surface area (Å²) < 4.78 is 28.8. The van der Waals surface area contributed by atoms with Crippen LogP contribution in [-0.2, 0) is 21.4 Å². The van der Waals surface area contributed by atoms with E-state index >= 15 is 0 Å². The van der Waals surface area contributed by atoms with Crippen molar-refractivity contribution in [3.05, 3.63) is 54.6 Å². The lowest BCUT2D eigenvalue weighted by Crippen LogP contribution is -2.26. The molecule has 0 saturated heterocycles. The Kier molecular flexibility index (Phi) is 7.29. The molecule has 0 saturated carbocycles. The van der Waals surface area contributed by atoms with E-state index < -0.39 is 10.0 Å². The number of aromatic nitrogens is 4. The highest BCUT2D eigenvalue weighted by atomic mass is 32.2. The summed E-state index contributed by atoms with van der Waals surface area (Å²) in [5, 5.41) is 14.8. The van der Waals surface area contributed by atoms with E-state index in [0.717, 1.165) is 0 Å². The van der Waals surface area contributed by atoms with E-state index in [1.165, 1.54) is 35.2 Å². The van der Waals surface area contributed by atoms with Gasteiger partial charge in [0, 0.05) is 19.3 Å². The van der Waals surface area contributed by atoms with Gasteiger partial charge in [0.2, 0.25) is 11.1 Å². The zero-order valence-corrected chi connectivity index (χ0v) is 19.1. The van der Waals surface area contributed by atoms with Crippen molar-refractivity contribution in [3.63, 3.8) is 0 Å². The Morgan fingerprint density at radius 1 is 1.16 bits per heavy atom. The summed E-state index contributed by atoms with van der Waals surface area (Å²) in [6.45, 7) is 4.77. The molecule has 9 nitrogen and oxygen atoms in total. The van der Waals surface area contributed by atoms with Gasteiger partial charge in [-0.25, -0.2) is 13.1 Å². The van der Waals surface area contributed by atoms with Gasteiger partial charge in [-0.2, -0.15) is 0 Å². The van der Waals surface area contributed by atoms with Crippen LogP contribution in [0.15, 0.2) is 64.6 Å². The third kappa shape index (κ3) is 5.82. The van der Waals surface area contributed by atoms with Gasteiger partial charge in [0.05, 0.1) is 16.3 Å². The maximum atomic E-state index is 13.0. The van der Waals surface area contributed by atoms with Crippen molar-refractivity contribution in [2.45, 2.75) is 30.4 Å². The van der Waals surface area contributed by atoms with Gasteiger partial charge in [-0.15, -0.1) is 5.10 Å². The van der Waals surface area contributed by atoms with Gasteiger partial charge in [0.25, 0.3) is 10.0 Å². The molecule has 0 bridgehead atoms. The normalized spacial score (nSPS) is 11.5. The quantitative estimate of drug-likeness (QED) is 0.489. The van der Waals surface area contributed by atoms with E-state index in [-0.39, 0.29) is 16.6 Å². The predicted molar refractivity (Wildman–Crippen MR) is 120 cm³/mol. The molecular formula is C20H24N6O3S2. The molecule has 1 N–H and O–H groups in total. The standard InChI is InChI=1S/C20H24N6O3S2/c1-15(2)13-26-20(22-23-24-26)30-14-19(27)21-16-8-7-11-18(12-16)31(28,29)25(3)17-9-5-4-6-10-17/h4-12,15H,13-14H2,1-3H3,(H,21,27). The Morgan fingerprint density at radius 3 is 2.61 bits per heavy atom. The molecular weight excluding hydrogens is 436 g/mol. The van der Waals surface area contributed by atoms with Crippen LogP contribution >= 0.6 is 11.8 Å². The fraction of sp³-hybridized carbons (Fsp3) is 0.300. The number of hydrogen-bond acceptors (Lipinski definition) is 7. The number of para-hydroxylation sites is 1. The second-order valence-corrected chi connectivity index (χ2v) is 10.1. The summed E-state index contributed by atoms with van der Waals surface area (Å²) in [6.07, 6.45) is 0. The Bertz CT molecular complexity index is 1130. The molecule has 0 aliphatic carbocycles. The Balaban J connectivity index is 1.66. The molecule has 0 spiro atoms. The number of rotatable bonds is 9. The fourth-order valence-corrected chi connectivity index (χ4v) is 4.69. The van der Waals surface area contributed by atoms with Crippen molar-refractivity contribution in [3.8, 4) is 0 Å². The first kappa shape index (κ1) is 22.8. The van der Waals surface area contributed by atoms with Crippen LogP contribution in [0.4, 0.5) is 11.4 Å². The highest BCUT2D eigenvalue weighted by Gasteiger charge is 2.21. The molecule has 0 unspecified atom stereocenters. The summed E-state index contributed by atoms with van der Waals surface area (Å²) in [5.41, 5.74) is 0.947. The number of benzene rings is 2. The first-order valence-corrected chi connectivity index (χ1v) is 12.0. The first-order chi connectivity index (χ1) is 14.8. The van der Waals surface area contributed by atoms with Crippen molar-refractivity contribution in [1.29, 1.82) is 0 Å². The third-order valence-corrected chi connectivity index (χ3v) is 7.00. The predicted octanol–water partition coefficient (Wildman–Crippen LogP) is 2.89. The molecule has 0 radical (unpaired) electrons. The summed E-state index contributed by atoms with van der Waals surface area (Å²) >= 11 is 1.22. The minimum absolute atomic E-state index is 0.0881. The van der Waals surface area contributed by atoms with E-state index in [9.17, 15) is 13.2 Å². The number of sulfonamides is 1. The number of anilines is 2. The molecule has 1 aromatic heterocycles. The molecule has 11 heteroatoms. The van der Waals surface area contributed by atoms with Gasteiger partial charge >= 0.3 is 0 Å². The number of carbonyl (C=O) groups excluding carboxylic acids is 1. The second-order valence-electron chi connectivity index (χ2n) is 7.21. The second kappa shape index (κ2) is 9.92. The van der Waals surface area contributed by atoms with E-state index in [1.807, 2.05) is 6.07 Å². The topological polar surface area (TPSA) is 110 Å². The maximum absolute atomic E-state index is 13.0. The largest absolute Gasteiger partial charge is 0.325 e. The van der Waals surface area contributed by atoms with Crippen LogP contribution in [0, 0.1) is 5.92 Å². The van der Waals surface area contributed by atoms with E-state index in [2.05, 4.69) is 34.7 Å². The van der Waals surface area contributed by atoms with Crippen molar-refractivity contribution in [2.24, 2.45) is 5.92 Å². The Morgan fingerprint density at radius 2 is 1.90 bits per heavy atom. The summed E-state index contributed by atoms with van der Waals surface area (Å²) in [7, 11) is -2.27. The molecule has 3 rings (SSSR count). The molecule has 2 aromatic carbocycles. The molecule has 0 aliphatic heterocycles. The third-order valence-electron chi connectivity index (χ3n) is 4.27. The van der Waals surface area contributed by atoms with Crippen molar-refractivity contribution in [1.82, 2.24) is 20.2 Å². The van der Waals surface area contributed by atoms with Crippen LogP contribution in [0.3, 0.4) is 0 Å². The SMILES string of the molecule is CC(C)Cn1nnnc1SCC(=O)Nc1cccc(S(=O)(=O)N(C)c2ccccc2)c1. The van der Waals surface area contributed by atoms with Crippen LogP contribution in [0.1, 0.15) is 13.8 Å². The number of amides is 1. The fourth-order valence-electron chi connectivity index (χ4n) is 2.76. The molecule has 0 fully saturated rings. The molecule has 1 amide bonds. The molecule has 0 aliphatic rings. The van der Waals surface area contributed by atoms with Gasteiger partial charge in [-0.3, -0.25) is 9.10 Å². The molecule has 31 heavy (non-hydrogen) atoms. The number of hydrogen-bond donors (Lipinski definition) is 1. The van der Waals surface area contributed by atoms with Gasteiger partial charge in [0.15, 0.2) is 0 Å². The molecule has 0 atom stereocenters. The molecule has 164 valence electrons. The van der Waals surface area contributed by atoms with Crippen molar-refractivity contribution < 1.29 is 13.2 Å². The average molecular weight is 461 g/mol. The van der Waals surface area contributed by atoms with Gasteiger partial charge in [-0.1, -0.05) is 49.9 Å². The summed E-state index contributed by atoms with van der Waals surface area (Å²) in [4.78, 5) is 12.5. The lowest BCUT2D eigenvalue weighted by Gasteiger charge is -2.19. The summed E-state index contributed by atoms with van der Waals surface area (Å²) in [6, 6.07) is 15.0. The van der Waals surface area contributed by atoms with Crippen LogP contribution < -0.4 is 9.62 Å². The van der Waals surface area contributed by atoms with Gasteiger partial charge < -0.3 is 5.32 Å². The van der Waals surface area contributed by atoms with Crippen LogP contribution in [0.25, 0.3) is 0 Å². The number of tetrazole rings is 1. The minimum Gasteiger partial charge on any atom is -0.325 e. The molecule has 3 aromatic rings.